The van der Waals surface area contributed by atoms with Crippen LogP contribution in [0.15, 0.2) is 52.1 Å². The van der Waals surface area contributed by atoms with Gasteiger partial charge in [-0.15, -0.1) is 0 Å². The first kappa shape index (κ1) is 23.9. The van der Waals surface area contributed by atoms with Gasteiger partial charge in [-0.25, -0.2) is 4.99 Å². The molecule has 3 rings (SSSR count). The fourth-order valence-corrected chi connectivity index (χ4v) is 4.18. The normalized spacial score (nSPS) is 15.2. The van der Waals surface area contributed by atoms with Crippen molar-refractivity contribution in [1.29, 1.82) is 0 Å². The monoisotopic (exact) mass is 439 g/mol. The van der Waals surface area contributed by atoms with Crippen LogP contribution in [-0.2, 0) is 24.4 Å². The topological polar surface area (TPSA) is 73.1 Å². The number of piperidine rings is 1. The molecule has 0 aliphatic carbocycles. The molecule has 2 aromatic rings. The number of guanidine groups is 1. The third kappa shape index (κ3) is 7.12. The summed E-state index contributed by atoms with van der Waals surface area (Å²) in [7, 11) is 3.82. The minimum absolute atomic E-state index is 0.137. The summed E-state index contributed by atoms with van der Waals surface area (Å²) >= 11 is 0. The molecule has 2 N–H and O–H groups in total. The summed E-state index contributed by atoms with van der Waals surface area (Å²) < 4.78 is 5.48. The van der Waals surface area contributed by atoms with Crippen LogP contribution in [0.25, 0.3) is 0 Å². The Balaban J connectivity index is 1.61. The van der Waals surface area contributed by atoms with Crippen molar-refractivity contribution in [2.75, 3.05) is 33.7 Å². The van der Waals surface area contributed by atoms with Gasteiger partial charge < -0.3 is 20.0 Å². The number of furan rings is 1. The summed E-state index contributed by atoms with van der Waals surface area (Å²) in [6.07, 6.45) is 4.38. The van der Waals surface area contributed by atoms with Crippen molar-refractivity contribution in [3.63, 3.8) is 0 Å². The smallest absolute Gasteiger partial charge is 0.220 e. The van der Waals surface area contributed by atoms with Crippen LogP contribution in [0.5, 0.6) is 0 Å². The SMILES string of the molecule is CCNC(=NCc1ccccc1CN(C)Cc1ccco1)N1CCC(CC(=O)NC)CC1. The lowest BCUT2D eigenvalue weighted by Crippen LogP contribution is -2.46. The van der Waals surface area contributed by atoms with Crippen LogP contribution in [0.3, 0.4) is 0 Å². The number of carbonyl (C=O) groups is 1. The number of hydrogen-bond donors (Lipinski definition) is 2. The van der Waals surface area contributed by atoms with Crippen molar-refractivity contribution >= 4 is 11.9 Å². The van der Waals surface area contributed by atoms with Gasteiger partial charge in [0.2, 0.25) is 5.91 Å². The minimum Gasteiger partial charge on any atom is -0.468 e. The minimum atomic E-state index is 0.137. The lowest BCUT2D eigenvalue weighted by molar-refractivity contribution is -0.121. The van der Waals surface area contributed by atoms with Gasteiger partial charge in [0.25, 0.3) is 0 Å². The van der Waals surface area contributed by atoms with Gasteiger partial charge in [0, 0.05) is 39.6 Å². The second kappa shape index (κ2) is 12.3. The van der Waals surface area contributed by atoms with E-state index in [0.717, 1.165) is 57.3 Å². The molecule has 1 aromatic carbocycles. The Morgan fingerprint density at radius 1 is 1.16 bits per heavy atom. The fourth-order valence-electron chi connectivity index (χ4n) is 4.18. The van der Waals surface area contributed by atoms with Crippen molar-refractivity contribution < 1.29 is 9.21 Å². The Morgan fingerprint density at radius 3 is 2.56 bits per heavy atom. The maximum Gasteiger partial charge on any atom is 0.220 e. The number of nitrogens with zero attached hydrogens (tertiary/aromatic N) is 3. The van der Waals surface area contributed by atoms with Gasteiger partial charge in [-0.3, -0.25) is 9.69 Å². The maximum absolute atomic E-state index is 11.7. The quantitative estimate of drug-likeness (QED) is 0.464. The molecule has 0 radical (unpaired) electrons. The molecular weight excluding hydrogens is 402 g/mol. The number of amides is 1. The van der Waals surface area contributed by atoms with Gasteiger partial charge >= 0.3 is 0 Å². The van der Waals surface area contributed by atoms with Crippen LogP contribution < -0.4 is 10.6 Å². The fraction of sp³-hybridized carbons (Fsp3) is 0.520. The highest BCUT2D eigenvalue weighted by Gasteiger charge is 2.23. The summed E-state index contributed by atoms with van der Waals surface area (Å²) in [5.41, 5.74) is 2.52. The Hall–Kier alpha value is -2.80. The highest BCUT2D eigenvalue weighted by Crippen LogP contribution is 2.21. The Labute approximate surface area is 191 Å². The van der Waals surface area contributed by atoms with E-state index in [9.17, 15) is 4.79 Å². The van der Waals surface area contributed by atoms with E-state index < -0.39 is 0 Å². The van der Waals surface area contributed by atoms with E-state index in [2.05, 4.69) is 58.7 Å². The molecule has 2 heterocycles. The number of nitrogens with one attached hydrogen (secondary N) is 2. The molecule has 174 valence electrons. The summed E-state index contributed by atoms with van der Waals surface area (Å²) in [5, 5.41) is 6.19. The van der Waals surface area contributed by atoms with E-state index in [1.165, 1.54) is 11.1 Å². The summed E-state index contributed by atoms with van der Waals surface area (Å²) in [6.45, 7) is 7.06. The first-order valence-corrected chi connectivity index (χ1v) is 11.6. The number of aliphatic imine (C=N–C) groups is 1. The molecular formula is C25H37N5O2. The van der Waals surface area contributed by atoms with E-state index >= 15 is 0 Å². The number of carbonyl (C=O) groups excluding carboxylic acids is 1. The average molecular weight is 440 g/mol. The first-order chi connectivity index (χ1) is 15.6. The third-order valence-electron chi connectivity index (χ3n) is 5.97. The zero-order valence-electron chi connectivity index (χ0n) is 19.6. The Kier molecular flexibility index (Phi) is 9.16. The van der Waals surface area contributed by atoms with E-state index in [1.54, 1.807) is 13.3 Å². The van der Waals surface area contributed by atoms with E-state index in [4.69, 9.17) is 9.41 Å². The molecule has 1 fully saturated rings. The molecule has 1 saturated heterocycles. The van der Waals surface area contributed by atoms with Crippen LogP contribution >= 0.6 is 0 Å². The standard InChI is InChI=1S/C25H37N5O2/c1-4-27-25(30-13-11-20(12-14-30)16-24(31)26-2)28-17-21-8-5-6-9-22(21)18-29(3)19-23-10-7-15-32-23/h5-10,15,20H,4,11-14,16-19H2,1-3H3,(H,26,31)(H,27,28). The third-order valence-corrected chi connectivity index (χ3v) is 5.97. The molecule has 7 heteroatoms. The molecule has 0 saturated carbocycles. The Bertz CT molecular complexity index is 857. The highest BCUT2D eigenvalue weighted by molar-refractivity contribution is 5.80. The maximum atomic E-state index is 11.7. The lowest BCUT2D eigenvalue weighted by atomic mass is 9.93. The van der Waals surface area contributed by atoms with Crippen molar-refractivity contribution in [2.24, 2.45) is 10.9 Å². The lowest BCUT2D eigenvalue weighted by Gasteiger charge is -2.34. The van der Waals surface area contributed by atoms with Crippen molar-refractivity contribution in [1.82, 2.24) is 20.4 Å². The van der Waals surface area contributed by atoms with E-state index in [-0.39, 0.29) is 5.91 Å². The van der Waals surface area contributed by atoms with Crippen molar-refractivity contribution in [2.45, 2.75) is 45.8 Å². The van der Waals surface area contributed by atoms with Gasteiger partial charge in [-0.05, 0) is 56.0 Å². The predicted octanol–water partition coefficient (Wildman–Crippen LogP) is 3.23. The molecule has 0 spiro atoms. The number of likely N-dealkylation sites (tertiary alicyclic amines) is 1. The van der Waals surface area contributed by atoms with E-state index in [0.29, 0.717) is 18.9 Å². The molecule has 0 bridgehead atoms. The molecule has 1 aromatic heterocycles. The van der Waals surface area contributed by atoms with Crippen molar-refractivity contribution in [3.8, 4) is 0 Å². The molecule has 32 heavy (non-hydrogen) atoms. The predicted molar refractivity (Wildman–Crippen MR) is 128 cm³/mol. The highest BCUT2D eigenvalue weighted by atomic mass is 16.3. The van der Waals surface area contributed by atoms with Crippen LogP contribution in [-0.4, -0.2) is 55.4 Å². The van der Waals surface area contributed by atoms with Gasteiger partial charge in [-0.2, -0.15) is 0 Å². The number of benzene rings is 1. The average Bonchev–Trinajstić information content (AvgIpc) is 3.31. The van der Waals surface area contributed by atoms with Crippen LogP contribution in [0.2, 0.25) is 0 Å². The second-order valence-corrected chi connectivity index (χ2v) is 8.50. The van der Waals surface area contributed by atoms with Crippen LogP contribution in [0.4, 0.5) is 0 Å². The zero-order valence-corrected chi connectivity index (χ0v) is 19.6. The van der Waals surface area contributed by atoms with Crippen LogP contribution in [0, 0.1) is 5.92 Å². The molecule has 1 aliphatic heterocycles. The summed E-state index contributed by atoms with van der Waals surface area (Å²) in [6, 6.07) is 12.5. The largest absolute Gasteiger partial charge is 0.468 e. The summed E-state index contributed by atoms with van der Waals surface area (Å²) in [4.78, 5) is 21.2. The van der Waals surface area contributed by atoms with Gasteiger partial charge in [-0.1, -0.05) is 24.3 Å². The molecule has 0 atom stereocenters. The van der Waals surface area contributed by atoms with Gasteiger partial charge in [0.05, 0.1) is 19.4 Å². The second-order valence-electron chi connectivity index (χ2n) is 8.50. The Morgan fingerprint density at radius 2 is 1.91 bits per heavy atom. The van der Waals surface area contributed by atoms with Gasteiger partial charge in [0.15, 0.2) is 5.96 Å². The molecule has 7 nitrogen and oxygen atoms in total. The van der Waals surface area contributed by atoms with Crippen molar-refractivity contribution in [3.05, 3.63) is 59.5 Å². The number of hydrogen-bond acceptors (Lipinski definition) is 4. The van der Waals surface area contributed by atoms with E-state index in [1.807, 2.05) is 12.1 Å². The first-order valence-electron chi connectivity index (χ1n) is 11.6. The zero-order chi connectivity index (χ0) is 22.8. The summed E-state index contributed by atoms with van der Waals surface area (Å²) in [5.74, 6) is 2.53. The van der Waals surface area contributed by atoms with Gasteiger partial charge in [0.1, 0.15) is 5.76 Å². The molecule has 0 unspecified atom stereocenters. The number of rotatable bonds is 9. The molecule has 1 aliphatic rings. The van der Waals surface area contributed by atoms with Crippen LogP contribution in [0.1, 0.15) is 43.1 Å². The molecule has 1 amide bonds.